The lowest BCUT2D eigenvalue weighted by atomic mass is 10.2. The fraction of sp³-hybridized carbons (Fsp3) is 0.316. The molecule has 27 heavy (non-hydrogen) atoms. The van der Waals surface area contributed by atoms with E-state index in [1.54, 1.807) is 18.0 Å². The van der Waals surface area contributed by atoms with Crippen LogP contribution in [0.4, 0.5) is 13.2 Å². The maximum atomic E-state index is 12.5. The van der Waals surface area contributed by atoms with Crippen LogP contribution in [0.3, 0.4) is 0 Å². The number of alkyl halides is 3. The zero-order chi connectivity index (χ0) is 19.7. The molecule has 146 valence electrons. The van der Waals surface area contributed by atoms with Gasteiger partial charge >= 0.3 is 6.36 Å². The van der Waals surface area contributed by atoms with Crippen LogP contribution in [0.5, 0.6) is 11.5 Å². The molecule has 0 spiro atoms. The van der Waals surface area contributed by atoms with Crippen LogP contribution >= 0.6 is 0 Å². The predicted molar refractivity (Wildman–Crippen MR) is 94.4 cm³/mol. The van der Waals surface area contributed by atoms with Crippen molar-refractivity contribution < 1.29 is 27.4 Å². The third-order valence-electron chi connectivity index (χ3n) is 3.49. The molecular weight excluding hydrogens is 361 g/mol. The Morgan fingerprint density at radius 1 is 1.07 bits per heavy atom. The molecule has 2 aromatic rings. The number of para-hydroxylation sites is 2. The summed E-state index contributed by atoms with van der Waals surface area (Å²) >= 11 is 0. The van der Waals surface area contributed by atoms with E-state index in [-0.39, 0.29) is 24.7 Å². The topological polar surface area (TPSA) is 50.8 Å². The third-order valence-corrected chi connectivity index (χ3v) is 3.49. The molecule has 0 saturated heterocycles. The highest BCUT2D eigenvalue weighted by Crippen LogP contribution is 2.26. The van der Waals surface area contributed by atoms with Crippen LogP contribution in [0.1, 0.15) is 5.56 Å². The second kappa shape index (κ2) is 9.82. The Labute approximate surface area is 155 Å². The van der Waals surface area contributed by atoms with Crippen molar-refractivity contribution in [3.8, 4) is 11.5 Å². The summed E-state index contributed by atoms with van der Waals surface area (Å²) in [6, 6.07) is 15.1. The molecule has 0 aliphatic heterocycles. The number of rotatable bonds is 9. The van der Waals surface area contributed by atoms with Crippen LogP contribution in [0.25, 0.3) is 0 Å². The van der Waals surface area contributed by atoms with E-state index in [4.69, 9.17) is 4.74 Å². The van der Waals surface area contributed by atoms with Crippen molar-refractivity contribution in [3.63, 3.8) is 0 Å². The third kappa shape index (κ3) is 8.00. The standard InChI is InChI=1S/C19H21F3N2O3/c1-24(13-15-7-5-6-10-17(15)27-19(20,21)22)14-18(25)23-11-12-26-16-8-3-2-4-9-16/h2-10H,11-14H2,1H3,(H,23,25). The Hall–Kier alpha value is -2.74. The normalized spacial score (nSPS) is 11.3. The van der Waals surface area contributed by atoms with E-state index in [9.17, 15) is 18.0 Å². The number of likely N-dealkylation sites (N-methyl/N-ethyl adjacent to an activating group) is 1. The molecule has 0 bridgehead atoms. The molecule has 5 nitrogen and oxygen atoms in total. The van der Waals surface area contributed by atoms with Crippen LogP contribution in [-0.2, 0) is 11.3 Å². The number of nitrogens with zero attached hydrogens (tertiary/aromatic N) is 1. The number of carbonyl (C=O) groups is 1. The van der Waals surface area contributed by atoms with Gasteiger partial charge in [-0.1, -0.05) is 36.4 Å². The monoisotopic (exact) mass is 382 g/mol. The number of amides is 1. The summed E-state index contributed by atoms with van der Waals surface area (Å²) in [5.41, 5.74) is 0.345. The van der Waals surface area contributed by atoms with Gasteiger partial charge in [-0.2, -0.15) is 0 Å². The average Bonchev–Trinajstić information content (AvgIpc) is 2.60. The van der Waals surface area contributed by atoms with Crippen molar-refractivity contribution in [2.45, 2.75) is 12.9 Å². The number of ether oxygens (including phenoxy) is 2. The zero-order valence-electron chi connectivity index (χ0n) is 14.8. The van der Waals surface area contributed by atoms with Crippen LogP contribution in [0.2, 0.25) is 0 Å². The van der Waals surface area contributed by atoms with Gasteiger partial charge in [0.15, 0.2) is 0 Å². The molecule has 0 atom stereocenters. The van der Waals surface area contributed by atoms with Crippen LogP contribution in [0.15, 0.2) is 54.6 Å². The molecule has 1 N–H and O–H groups in total. The minimum atomic E-state index is -4.76. The smallest absolute Gasteiger partial charge is 0.492 e. The second-order valence-corrected chi connectivity index (χ2v) is 5.84. The van der Waals surface area contributed by atoms with E-state index < -0.39 is 6.36 Å². The van der Waals surface area contributed by atoms with Crippen LogP contribution in [-0.4, -0.2) is 43.9 Å². The number of halogens is 3. The molecule has 0 unspecified atom stereocenters. The molecule has 0 aliphatic rings. The Bertz CT molecular complexity index is 724. The van der Waals surface area contributed by atoms with E-state index in [0.29, 0.717) is 24.5 Å². The van der Waals surface area contributed by atoms with E-state index in [1.165, 1.54) is 18.2 Å². The average molecular weight is 382 g/mol. The minimum Gasteiger partial charge on any atom is -0.492 e. The number of nitrogens with one attached hydrogen (secondary N) is 1. The van der Waals surface area contributed by atoms with E-state index in [2.05, 4.69) is 10.1 Å². The molecule has 0 radical (unpaired) electrons. The van der Waals surface area contributed by atoms with Crippen molar-refractivity contribution in [3.05, 3.63) is 60.2 Å². The van der Waals surface area contributed by atoms with Gasteiger partial charge in [0.1, 0.15) is 18.1 Å². The first kappa shape index (κ1) is 20.6. The summed E-state index contributed by atoms with van der Waals surface area (Å²) in [4.78, 5) is 13.6. The maximum Gasteiger partial charge on any atom is 0.573 e. The first-order chi connectivity index (χ1) is 12.8. The summed E-state index contributed by atoms with van der Waals surface area (Å²) < 4.78 is 46.8. The van der Waals surface area contributed by atoms with Crippen molar-refractivity contribution >= 4 is 5.91 Å². The van der Waals surface area contributed by atoms with Gasteiger partial charge in [-0.05, 0) is 25.2 Å². The zero-order valence-corrected chi connectivity index (χ0v) is 14.8. The Balaban J connectivity index is 1.75. The first-order valence-electron chi connectivity index (χ1n) is 8.30. The number of carbonyl (C=O) groups excluding carboxylic acids is 1. The van der Waals surface area contributed by atoms with Gasteiger partial charge < -0.3 is 14.8 Å². The van der Waals surface area contributed by atoms with Gasteiger partial charge in [-0.25, -0.2) is 0 Å². The molecule has 1 amide bonds. The SMILES string of the molecule is CN(CC(=O)NCCOc1ccccc1)Cc1ccccc1OC(F)(F)F. The molecule has 0 saturated carbocycles. The molecule has 2 rings (SSSR count). The molecular formula is C19H21F3N2O3. The van der Waals surface area contributed by atoms with Crippen LogP contribution in [0, 0.1) is 0 Å². The van der Waals surface area contributed by atoms with Crippen LogP contribution < -0.4 is 14.8 Å². The van der Waals surface area contributed by atoms with Crippen molar-refractivity contribution in [1.82, 2.24) is 10.2 Å². The highest BCUT2D eigenvalue weighted by molar-refractivity contribution is 5.77. The quantitative estimate of drug-likeness (QED) is 0.677. The summed E-state index contributed by atoms with van der Waals surface area (Å²) in [5, 5.41) is 2.71. The summed E-state index contributed by atoms with van der Waals surface area (Å²) in [5.74, 6) is 0.196. The molecule has 0 heterocycles. The summed E-state index contributed by atoms with van der Waals surface area (Å²) in [6.45, 7) is 0.822. The number of hydrogen-bond acceptors (Lipinski definition) is 4. The molecule has 8 heteroatoms. The Morgan fingerprint density at radius 2 is 1.74 bits per heavy atom. The van der Waals surface area contributed by atoms with E-state index >= 15 is 0 Å². The molecule has 0 aliphatic carbocycles. The largest absolute Gasteiger partial charge is 0.573 e. The van der Waals surface area contributed by atoms with Crippen molar-refractivity contribution in [2.75, 3.05) is 26.7 Å². The fourth-order valence-electron chi connectivity index (χ4n) is 2.38. The summed E-state index contributed by atoms with van der Waals surface area (Å²) in [6.07, 6.45) is -4.76. The van der Waals surface area contributed by atoms with Gasteiger partial charge in [-0.15, -0.1) is 13.2 Å². The highest BCUT2D eigenvalue weighted by atomic mass is 19.4. The van der Waals surface area contributed by atoms with E-state index in [0.717, 1.165) is 0 Å². The fourth-order valence-corrected chi connectivity index (χ4v) is 2.38. The molecule has 0 fully saturated rings. The second-order valence-electron chi connectivity index (χ2n) is 5.84. The first-order valence-corrected chi connectivity index (χ1v) is 8.30. The van der Waals surface area contributed by atoms with E-state index in [1.807, 2.05) is 30.3 Å². The lowest BCUT2D eigenvalue weighted by molar-refractivity contribution is -0.275. The lowest BCUT2D eigenvalue weighted by Gasteiger charge is -2.19. The Morgan fingerprint density at radius 3 is 2.44 bits per heavy atom. The van der Waals surface area contributed by atoms with Gasteiger partial charge in [0.05, 0.1) is 13.1 Å². The van der Waals surface area contributed by atoms with Gasteiger partial charge in [0, 0.05) is 12.1 Å². The van der Waals surface area contributed by atoms with Gasteiger partial charge in [-0.3, -0.25) is 9.69 Å². The van der Waals surface area contributed by atoms with Crippen molar-refractivity contribution in [2.24, 2.45) is 0 Å². The lowest BCUT2D eigenvalue weighted by Crippen LogP contribution is -2.36. The molecule has 0 aromatic heterocycles. The number of benzene rings is 2. The Kier molecular flexibility index (Phi) is 7.48. The van der Waals surface area contributed by atoms with Crippen molar-refractivity contribution in [1.29, 1.82) is 0 Å². The highest BCUT2D eigenvalue weighted by Gasteiger charge is 2.32. The predicted octanol–water partition coefficient (Wildman–Crippen LogP) is 3.21. The maximum absolute atomic E-state index is 12.5. The minimum absolute atomic E-state index is 0.0334. The molecule has 2 aromatic carbocycles. The number of hydrogen-bond donors (Lipinski definition) is 1. The summed E-state index contributed by atoms with van der Waals surface area (Å²) in [7, 11) is 1.64. The van der Waals surface area contributed by atoms with Gasteiger partial charge in [0.25, 0.3) is 0 Å². The van der Waals surface area contributed by atoms with Gasteiger partial charge in [0.2, 0.25) is 5.91 Å².